The van der Waals surface area contributed by atoms with Gasteiger partial charge in [0.05, 0.1) is 17.6 Å². The zero-order valence-corrected chi connectivity index (χ0v) is 15.0. The second-order valence-electron chi connectivity index (χ2n) is 5.77. The van der Waals surface area contributed by atoms with Crippen LogP contribution in [-0.4, -0.2) is 11.8 Å². The van der Waals surface area contributed by atoms with Gasteiger partial charge in [-0.3, -0.25) is 4.99 Å². The molecule has 0 saturated heterocycles. The van der Waals surface area contributed by atoms with Gasteiger partial charge in [-0.25, -0.2) is 0 Å². The summed E-state index contributed by atoms with van der Waals surface area (Å²) in [4.78, 5) is 4.78. The van der Waals surface area contributed by atoms with Crippen LogP contribution in [0, 0.1) is 0 Å². The van der Waals surface area contributed by atoms with Crippen molar-refractivity contribution >= 4 is 5.71 Å². The Balaban J connectivity index is 5.25. The molecule has 0 atom stereocenters. The van der Waals surface area contributed by atoms with Crippen molar-refractivity contribution < 1.29 is 4.74 Å². The number of allylic oxidation sites excluding steroid dienone is 5. The fraction of sp³-hybridized carbons (Fsp3) is 0.632. The first-order valence-electron chi connectivity index (χ1n) is 8.17. The lowest BCUT2D eigenvalue weighted by Gasteiger charge is -2.09. The first-order valence-corrected chi connectivity index (χ1v) is 8.17. The Kier molecular flexibility index (Phi) is 10.7. The second-order valence-corrected chi connectivity index (χ2v) is 5.77. The van der Waals surface area contributed by atoms with Gasteiger partial charge in [-0.2, -0.15) is 0 Å². The molecule has 0 fully saturated rings. The van der Waals surface area contributed by atoms with E-state index in [2.05, 4.69) is 39.8 Å². The van der Waals surface area contributed by atoms with Crippen LogP contribution in [0.2, 0.25) is 0 Å². The lowest BCUT2D eigenvalue weighted by molar-refractivity contribution is 0.149. The SMILES string of the molecule is CCC/C=C(C)/C(=C\C=C(/C)OC(C)C)N=C(C)CCC. The Labute approximate surface area is 131 Å². The third-order valence-corrected chi connectivity index (χ3v) is 2.96. The largest absolute Gasteiger partial charge is 0.496 e. The molecule has 0 aliphatic heterocycles. The van der Waals surface area contributed by atoms with Gasteiger partial charge in [-0.05, 0) is 65.2 Å². The van der Waals surface area contributed by atoms with E-state index in [1.54, 1.807) is 0 Å². The molecule has 0 spiro atoms. The molecule has 0 saturated carbocycles. The van der Waals surface area contributed by atoms with E-state index in [0.717, 1.165) is 37.1 Å². The zero-order chi connectivity index (χ0) is 16.3. The van der Waals surface area contributed by atoms with Crippen molar-refractivity contribution in [3.63, 3.8) is 0 Å². The summed E-state index contributed by atoms with van der Waals surface area (Å²) >= 11 is 0. The molecule has 0 aromatic heterocycles. The lowest BCUT2D eigenvalue weighted by atomic mass is 10.1. The Bertz CT molecular complexity index is 411. The van der Waals surface area contributed by atoms with Crippen LogP contribution < -0.4 is 0 Å². The summed E-state index contributed by atoms with van der Waals surface area (Å²) in [7, 11) is 0. The highest BCUT2D eigenvalue weighted by Gasteiger charge is 2.00. The van der Waals surface area contributed by atoms with E-state index in [9.17, 15) is 0 Å². The average Bonchev–Trinajstić information content (AvgIpc) is 2.40. The highest BCUT2D eigenvalue weighted by Crippen LogP contribution is 2.15. The maximum atomic E-state index is 5.66. The Hall–Kier alpha value is -1.31. The van der Waals surface area contributed by atoms with Gasteiger partial charge in [-0.1, -0.05) is 32.8 Å². The summed E-state index contributed by atoms with van der Waals surface area (Å²) in [5.41, 5.74) is 3.46. The van der Waals surface area contributed by atoms with Crippen molar-refractivity contribution in [2.75, 3.05) is 0 Å². The molecule has 0 amide bonds. The van der Waals surface area contributed by atoms with Crippen LogP contribution in [0.5, 0.6) is 0 Å². The average molecular weight is 291 g/mol. The van der Waals surface area contributed by atoms with Gasteiger partial charge < -0.3 is 4.74 Å². The van der Waals surface area contributed by atoms with Gasteiger partial charge >= 0.3 is 0 Å². The normalized spacial score (nSPS) is 14.9. The van der Waals surface area contributed by atoms with Crippen molar-refractivity contribution in [2.24, 2.45) is 4.99 Å². The smallest absolute Gasteiger partial charge is 0.0933 e. The first kappa shape index (κ1) is 19.7. The van der Waals surface area contributed by atoms with Gasteiger partial charge in [0, 0.05) is 5.71 Å². The fourth-order valence-corrected chi connectivity index (χ4v) is 1.95. The molecular weight excluding hydrogens is 258 g/mol. The van der Waals surface area contributed by atoms with Gasteiger partial charge in [0.2, 0.25) is 0 Å². The van der Waals surface area contributed by atoms with E-state index in [-0.39, 0.29) is 6.10 Å². The van der Waals surface area contributed by atoms with Gasteiger partial charge in [-0.15, -0.1) is 0 Å². The van der Waals surface area contributed by atoms with Crippen LogP contribution in [0.25, 0.3) is 0 Å². The summed E-state index contributed by atoms with van der Waals surface area (Å²) in [6.07, 6.45) is 11.0. The molecule has 2 heteroatoms. The molecule has 120 valence electrons. The van der Waals surface area contributed by atoms with Crippen molar-refractivity contribution in [1.29, 1.82) is 0 Å². The molecular formula is C19H33NO. The van der Waals surface area contributed by atoms with Crippen LogP contribution in [-0.2, 0) is 4.74 Å². The third kappa shape index (κ3) is 10.1. The summed E-state index contributed by atoms with van der Waals surface area (Å²) in [5.74, 6) is 0.925. The topological polar surface area (TPSA) is 21.6 Å². The predicted molar refractivity (Wildman–Crippen MR) is 94.7 cm³/mol. The molecule has 0 N–H and O–H groups in total. The van der Waals surface area contributed by atoms with Crippen LogP contribution in [0.15, 0.2) is 40.2 Å². The van der Waals surface area contributed by atoms with Gasteiger partial charge in [0.1, 0.15) is 0 Å². The Morgan fingerprint density at radius 2 is 1.71 bits per heavy atom. The molecule has 0 rings (SSSR count). The molecule has 0 aliphatic rings. The molecule has 0 heterocycles. The molecule has 0 unspecified atom stereocenters. The van der Waals surface area contributed by atoms with Crippen molar-refractivity contribution in [3.05, 3.63) is 35.3 Å². The van der Waals surface area contributed by atoms with Crippen LogP contribution in [0.1, 0.15) is 74.1 Å². The molecule has 0 aliphatic carbocycles. The lowest BCUT2D eigenvalue weighted by Crippen LogP contribution is -1.99. The number of unbranched alkanes of at least 4 members (excludes halogenated alkanes) is 1. The number of aliphatic imine (C=N–C) groups is 1. The van der Waals surface area contributed by atoms with Crippen molar-refractivity contribution in [3.8, 4) is 0 Å². The van der Waals surface area contributed by atoms with Crippen LogP contribution >= 0.6 is 0 Å². The summed E-state index contributed by atoms with van der Waals surface area (Å²) < 4.78 is 5.66. The maximum Gasteiger partial charge on any atom is 0.0933 e. The van der Waals surface area contributed by atoms with E-state index in [0.29, 0.717) is 0 Å². The number of hydrogen-bond acceptors (Lipinski definition) is 2. The fourth-order valence-electron chi connectivity index (χ4n) is 1.95. The highest BCUT2D eigenvalue weighted by molar-refractivity contribution is 5.83. The Morgan fingerprint density at radius 3 is 2.24 bits per heavy atom. The van der Waals surface area contributed by atoms with Crippen molar-refractivity contribution in [1.82, 2.24) is 0 Å². The van der Waals surface area contributed by atoms with E-state index in [1.165, 1.54) is 11.3 Å². The van der Waals surface area contributed by atoms with Crippen LogP contribution in [0.3, 0.4) is 0 Å². The maximum absolute atomic E-state index is 5.66. The van der Waals surface area contributed by atoms with E-state index < -0.39 is 0 Å². The number of hydrogen-bond donors (Lipinski definition) is 0. The zero-order valence-electron chi connectivity index (χ0n) is 15.0. The molecule has 0 aromatic carbocycles. The molecule has 21 heavy (non-hydrogen) atoms. The van der Waals surface area contributed by atoms with Crippen LogP contribution in [0.4, 0.5) is 0 Å². The van der Waals surface area contributed by atoms with E-state index in [1.807, 2.05) is 26.8 Å². The quantitative estimate of drug-likeness (QED) is 0.281. The predicted octanol–water partition coefficient (Wildman–Crippen LogP) is 6.21. The number of rotatable bonds is 9. The second kappa shape index (κ2) is 11.4. The Morgan fingerprint density at radius 1 is 1.05 bits per heavy atom. The molecule has 0 radical (unpaired) electrons. The van der Waals surface area contributed by atoms with E-state index in [4.69, 9.17) is 9.73 Å². The van der Waals surface area contributed by atoms with Gasteiger partial charge in [0.15, 0.2) is 0 Å². The standard InChI is InChI=1S/C19H33NO/c1-8-10-12-16(5)19(20-17(6)11-9-2)14-13-18(7)21-15(3)4/h12-15H,8-11H2,1-7H3/b16-12+,18-13+,19-14+,20-17?. The minimum atomic E-state index is 0.208. The highest BCUT2D eigenvalue weighted by atomic mass is 16.5. The molecule has 0 bridgehead atoms. The first-order chi connectivity index (χ1) is 9.90. The van der Waals surface area contributed by atoms with Crippen molar-refractivity contribution in [2.45, 2.75) is 80.3 Å². The summed E-state index contributed by atoms with van der Waals surface area (Å²) in [6, 6.07) is 0. The minimum absolute atomic E-state index is 0.208. The molecule has 0 aromatic rings. The minimum Gasteiger partial charge on any atom is -0.496 e. The number of ether oxygens (including phenoxy) is 1. The van der Waals surface area contributed by atoms with E-state index >= 15 is 0 Å². The number of nitrogens with zero attached hydrogens (tertiary/aromatic N) is 1. The summed E-state index contributed by atoms with van der Waals surface area (Å²) in [6.45, 7) is 14.7. The summed E-state index contributed by atoms with van der Waals surface area (Å²) in [5, 5.41) is 0. The molecule has 2 nitrogen and oxygen atoms in total. The van der Waals surface area contributed by atoms with Gasteiger partial charge in [0.25, 0.3) is 0 Å². The third-order valence-electron chi connectivity index (χ3n) is 2.96. The monoisotopic (exact) mass is 291 g/mol.